The maximum Gasteiger partial charge on any atom is 0.224 e. The fraction of sp³-hybridized carbons (Fsp3) is 0.0769. The third kappa shape index (κ3) is 2.46. The number of nitrogens with zero attached hydrogens (tertiary/aromatic N) is 1. The highest BCUT2D eigenvalue weighted by molar-refractivity contribution is 7.74. The molecule has 0 amide bonds. The number of phenols is 1. The summed E-state index contributed by atoms with van der Waals surface area (Å²) in [6.07, 6.45) is 0. The maximum absolute atomic E-state index is 11.0. The number of anilines is 1. The quantitative estimate of drug-likeness (QED) is 0.830. The molecule has 0 fully saturated rings. The van der Waals surface area contributed by atoms with E-state index in [2.05, 4.69) is 6.07 Å². The van der Waals surface area contributed by atoms with Gasteiger partial charge in [0.15, 0.2) is 0 Å². The van der Waals surface area contributed by atoms with E-state index in [-0.39, 0.29) is 5.75 Å². The van der Waals surface area contributed by atoms with Crippen LogP contribution in [0.5, 0.6) is 5.75 Å². The van der Waals surface area contributed by atoms with E-state index >= 15 is 0 Å². The van der Waals surface area contributed by atoms with Gasteiger partial charge in [-0.2, -0.15) is 0 Å². The van der Waals surface area contributed by atoms with E-state index in [1.165, 1.54) is 7.05 Å². The molecule has 1 N–H and O–H groups in total. The van der Waals surface area contributed by atoms with Crippen LogP contribution in [-0.2, 0) is 10.9 Å². The van der Waals surface area contributed by atoms with Crippen molar-refractivity contribution in [3.8, 4) is 16.9 Å². The molecule has 0 aliphatic rings. The minimum absolute atomic E-state index is 0.139. The summed E-state index contributed by atoms with van der Waals surface area (Å²) in [6.45, 7) is 0. The topological polar surface area (TPSA) is 57.6 Å². The van der Waals surface area contributed by atoms with Crippen molar-refractivity contribution in [2.75, 3.05) is 11.4 Å². The Bertz CT molecular complexity index is 630. The van der Waals surface area contributed by atoms with Crippen molar-refractivity contribution < 1.29 is 13.5 Å². The van der Waals surface area contributed by atoms with Gasteiger partial charge >= 0.3 is 0 Å². The largest absolute Gasteiger partial charge is 0.508 e. The number of benzene rings is 2. The fourth-order valence-corrected chi connectivity index (χ4v) is 2.04. The van der Waals surface area contributed by atoms with Crippen molar-refractivity contribution >= 4 is 16.6 Å². The molecule has 2 aromatic carbocycles. The van der Waals surface area contributed by atoms with E-state index in [1.807, 2.05) is 6.07 Å². The van der Waals surface area contributed by atoms with E-state index in [0.29, 0.717) is 5.69 Å². The second kappa shape index (κ2) is 5.10. The molecule has 4 nitrogen and oxygen atoms in total. The van der Waals surface area contributed by atoms with E-state index in [4.69, 9.17) is 0 Å². The Morgan fingerprint density at radius 1 is 1.28 bits per heavy atom. The van der Waals surface area contributed by atoms with E-state index in [1.54, 1.807) is 36.4 Å². The molecule has 0 saturated carbocycles. The lowest BCUT2D eigenvalue weighted by molar-refractivity contribution is 0.475. The van der Waals surface area contributed by atoms with Crippen molar-refractivity contribution in [2.45, 2.75) is 0 Å². The zero-order valence-corrected chi connectivity index (χ0v) is 10.6. The Morgan fingerprint density at radius 3 is 2.72 bits per heavy atom. The molecular formula is C13H12NO3S. The third-order valence-corrected chi connectivity index (χ3v) is 3.30. The zero-order chi connectivity index (χ0) is 13.1. The Morgan fingerprint density at radius 2 is 2.06 bits per heavy atom. The highest BCUT2D eigenvalue weighted by Gasteiger charge is 2.10. The van der Waals surface area contributed by atoms with Crippen molar-refractivity contribution in [2.24, 2.45) is 0 Å². The molecule has 0 aliphatic heterocycles. The summed E-state index contributed by atoms with van der Waals surface area (Å²) < 4.78 is 23.3. The predicted octanol–water partition coefficient (Wildman–Crippen LogP) is 1.82. The average molecular weight is 262 g/mol. The van der Waals surface area contributed by atoms with Crippen LogP contribution in [0.4, 0.5) is 5.69 Å². The van der Waals surface area contributed by atoms with Gasteiger partial charge in [0.25, 0.3) is 0 Å². The molecule has 2 aromatic rings. The first-order chi connectivity index (χ1) is 8.59. The van der Waals surface area contributed by atoms with Gasteiger partial charge in [0.05, 0.1) is 5.69 Å². The van der Waals surface area contributed by atoms with Crippen LogP contribution < -0.4 is 4.31 Å². The maximum atomic E-state index is 11.0. The predicted molar refractivity (Wildman–Crippen MR) is 71.1 cm³/mol. The Hall–Kier alpha value is -2.01. The molecule has 0 spiro atoms. The highest BCUT2D eigenvalue weighted by Crippen LogP contribution is 2.31. The van der Waals surface area contributed by atoms with Crippen LogP contribution >= 0.6 is 0 Å². The van der Waals surface area contributed by atoms with Gasteiger partial charge in [-0.15, -0.1) is 0 Å². The van der Waals surface area contributed by atoms with Gasteiger partial charge in [-0.25, -0.2) is 8.42 Å². The summed E-state index contributed by atoms with van der Waals surface area (Å²) in [5.74, 6) is 0.139. The van der Waals surface area contributed by atoms with Crippen LogP contribution in [0.2, 0.25) is 0 Å². The fourth-order valence-electron chi connectivity index (χ4n) is 1.69. The number of hydrogen-bond acceptors (Lipinski definition) is 3. The molecule has 0 atom stereocenters. The molecule has 0 saturated heterocycles. The first-order valence-corrected chi connectivity index (χ1v) is 6.40. The lowest BCUT2D eigenvalue weighted by atomic mass is 10.0. The first kappa shape index (κ1) is 12.4. The van der Waals surface area contributed by atoms with Crippen molar-refractivity contribution in [3.63, 3.8) is 0 Å². The van der Waals surface area contributed by atoms with Crippen molar-refractivity contribution in [1.82, 2.24) is 0 Å². The lowest BCUT2D eigenvalue weighted by Gasteiger charge is -2.16. The molecule has 0 unspecified atom stereocenters. The second-order valence-corrected chi connectivity index (χ2v) is 4.83. The lowest BCUT2D eigenvalue weighted by Crippen LogP contribution is -2.14. The van der Waals surface area contributed by atoms with Gasteiger partial charge in [-0.1, -0.05) is 24.3 Å². The minimum Gasteiger partial charge on any atom is -0.508 e. The molecule has 93 valence electrons. The summed E-state index contributed by atoms with van der Waals surface area (Å²) in [5, 5.41) is 9.47. The Labute approximate surface area is 107 Å². The molecule has 5 heteroatoms. The standard InChI is InChI=1S/C13H12NO3S/c1-14(18(16)17)13-8-3-2-7-12(13)10-5-4-6-11(15)9-10/h2,4-9,15,18H,1H3. The Balaban J connectivity index is 2.58. The highest BCUT2D eigenvalue weighted by atomic mass is 32.2. The van der Waals surface area contributed by atoms with Crippen LogP contribution in [0, 0.1) is 6.07 Å². The molecular weight excluding hydrogens is 250 g/mol. The third-order valence-electron chi connectivity index (χ3n) is 2.59. The summed E-state index contributed by atoms with van der Waals surface area (Å²) in [7, 11) is -1.23. The van der Waals surface area contributed by atoms with Crippen LogP contribution in [0.25, 0.3) is 11.1 Å². The van der Waals surface area contributed by atoms with Gasteiger partial charge in [0.2, 0.25) is 10.9 Å². The van der Waals surface area contributed by atoms with Gasteiger partial charge in [0, 0.05) is 12.6 Å². The number of aromatic hydroxyl groups is 1. The molecule has 18 heavy (non-hydrogen) atoms. The van der Waals surface area contributed by atoms with Crippen molar-refractivity contribution in [3.05, 3.63) is 48.5 Å². The van der Waals surface area contributed by atoms with E-state index in [0.717, 1.165) is 15.4 Å². The number of thiol groups is 1. The van der Waals surface area contributed by atoms with Crippen LogP contribution in [0.15, 0.2) is 42.5 Å². The number of hydrogen-bond donors (Lipinski definition) is 2. The smallest absolute Gasteiger partial charge is 0.224 e. The number of phenolic OH excluding ortho intramolecular Hbond substituents is 1. The molecule has 0 aliphatic carbocycles. The first-order valence-electron chi connectivity index (χ1n) is 5.27. The van der Waals surface area contributed by atoms with Crippen LogP contribution in [0.1, 0.15) is 0 Å². The SMILES string of the molecule is CN(c1c[c]ccc1-c1cccc(O)c1)[SH](=O)=O. The summed E-state index contributed by atoms with van der Waals surface area (Å²) >= 11 is 0. The summed E-state index contributed by atoms with van der Waals surface area (Å²) in [4.78, 5) is 0. The summed E-state index contributed by atoms with van der Waals surface area (Å²) in [5.41, 5.74) is 2.01. The van der Waals surface area contributed by atoms with Crippen LogP contribution in [0.3, 0.4) is 0 Å². The van der Waals surface area contributed by atoms with Gasteiger partial charge in [0.1, 0.15) is 5.75 Å². The molecule has 1 radical (unpaired) electrons. The molecule has 0 heterocycles. The zero-order valence-electron chi connectivity index (χ0n) is 9.70. The molecule has 0 aromatic heterocycles. The van der Waals surface area contributed by atoms with E-state index in [9.17, 15) is 13.5 Å². The average Bonchev–Trinajstić information content (AvgIpc) is 2.38. The number of rotatable bonds is 3. The van der Waals surface area contributed by atoms with Gasteiger partial charge in [-0.05, 0) is 29.8 Å². The normalized spacial score (nSPS) is 10.6. The molecule has 2 rings (SSSR count). The monoisotopic (exact) mass is 262 g/mol. The van der Waals surface area contributed by atoms with Crippen LogP contribution in [-0.4, -0.2) is 20.6 Å². The minimum atomic E-state index is -2.70. The molecule has 0 bridgehead atoms. The van der Waals surface area contributed by atoms with E-state index < -0.39 is 10.9 Å². The van der Waals surface area contributed by atoms with Crippen molar-refractivity contribution in [1.29, 1.82) is 0 Å². The van der Waals surface area contributed by atoms with Gasteiger partial charge in [-0.3, -0.25) is 4.31 Å². The second-order valence-electron chi connectivity index (χ2n) is 3.76. The van der Waals surface area contributed by atoms with Gasteiger partial charge < -0.3 is 5.11 Å². The summed E-state index contributed by atoms with van der Waals surface area (Å²) in [6, 6.07) is 14.6. The Kier molecular flexibility index (Phi) is 3.53.